The number of nitrogens with one attached hydrogen (secondary N) is 1. The average Bonchev–Trinajstić information content (AvgIpc) is 3.24. The molecule has 0 saturated carbocycles. The number of para-hydroxylation sites is 1. The highest BCUT2D eigenvalue weighted by atomic mass is 19.1. The number of imidazole rings is 1. The van der Waals surface area contributed by atoms with Gasteiger partial charge < -0.3 is 9.88 Å². The SMILES string of the molecule is CC(=O)N[C@@H](CCN1[C@@H]2CC[C@H]1C[C@H](n1c(C)nc3c(F)cccc31)C2)c1ccccc1. The number of fused-ring (bicyclic) bond motifs is 3. The van der Waals surface area contributed by atoms with Crippen LogP contribution in [0.5, 0.6) is 0 Å². The fraction of sp³-hybridized carbons (Fsp3) is 0.462. The molecule has 5 nitrogen and oxygen atoms in total. The normalized spacial score (nSPS) is 24.0. The lowest BCUT2D eigenvalue weighted by atomic mass is 9.95. The fourth-order valence-electron chi connectivity index (χ4n) is 6.01. The molecule has 0 radical (unpaired) electrons. The minimum absolute atomic E-state index is 0.00947. The largest absolute Gasteiger partial charge is 0.349 e. The number of hydrogen-bond acceptors (Lipinski definition) is 3. The summed E-state index contributed by atoms with van der Waals surface area (Å²) in [5, 5.41) is 3.14. The molecule has 2 saturated heterocycles. The van der Waals surface area contributed by atoms with E-state index in [9.17, 15) is 9.18 Å². The third-order valence-electron chi connectivity index (χ3n) is 7.33. The van der Waals surface area contributed by atoms with Gasteiger partial charge in [0.15, 0.2) is 5.82 Å². The van der Waals surface area contributed by atoms with E-state index in [-0.39, 0.29) is 17.8 Å². The fourth-order valence-corrected chi connectivity index (χ4v) is 6.01. The van der Waals surface area contributed by atoms with Crippen molar-refractivity contribution in [1.29, 1.82) is 0 Å². The maximum absolute atomic E-state index is 14.3. The van der Waals surface area contributed by atoms with Crippen LogP contribution >= 0.6 is 0 Å². The molecule has 6 heteroatoms. The molecule has 3 aromatic rings. The summed E-state index contributed by atoms with van der Waals surface area (Å²) in [6, 6.07) is 17.0. The molecule has 1 amide bonds. The van der Waals surface area contributed by atoms with Crippen LogP contribution in [0.1, 0.15) is 62.5 Å². The van der Waals surface area contributed by atoms with Gasteiger partial charge >= 0.3 is 0 Å². The Kier molecular flexibility index (Phi) is 5.72. The molecule has 4 atom stereocenters. The van der Waals surface area contributed by atoms with Gasteiger partial charge in [-0.15, -0.1) is 0 Å². The summed E-state index contributed by atoms with van der Waals surface area (Å²) in [6.07, 6.45) is 5.44. The van der Waals surface area contributed by atoms with Crippen molar-refractivity contribution in [1.82, 2.24) is 19.8 Å². The molecule has 3 heterocycles. The standard InChI is InChI=1S/C26H31FN4O/c1-17-28-26-23(27)9-6-10-25(26)31(17)22-15-20-11-12-21(16-22)30(20)14-13-24(29-18(2)32)19-7-4-3-5-8-19/h3-10,20-22,24H,11-16H2,1-2H3,(H,29,32)/t20-,21+,22-,24-/m0/s1. The first-order valence-electron chi connectivity index (χ1n) is 11.7. The molecular formula is C26H31FN4O. The van der Waals surface area contributed by atoms with E-state index in [2.05, 4.69) is 31.9 Å². The van der Waals surface area contributed by atoms with Crippen molar-refractivity contribution in [2.75, 3.05) is 6.54 Å². The van der Waals surface area contributed by atoms with E-state index in [0.717, 1.165) is 42.7 Å². The summed E-state index contributed by atoms with van der Waals surface area (Å²) in [6.45, 7) is 4.55. The monoisotopic (exact) mass is 434 g/mol. The highest BCUT2D eigenvalue weighted by Crippen LogP contribution is 2.42. The van der Waals surface area contributed by atoms with Crippen molar-refractivity contribution in [2.45, 2.75) is 70.1 Å². The first kappa shape index (κ1) is 21.1. The third kappa shape index (κ3) is 3.92. The molecule has 2 bridgehead atoms. The molecule has 0 aliphatic carbocycles. The molecule has 32 heavy (non-hydrogen) atoms. The third-order valence-corrected chi connectivity index (χ3v) is 7.33. The van der Waals surface area contributed by atoms with Crippen molar-refractivity contribution in [3.05, 3.63) is 65.7 Å². The van der Waals surface area contributed by atoms with Crippen LogP contribution in [0.25, 0.3) is 11.0 Å². The quantitative estimate of drug-likeness (QED) is 0.599. The van der Waals surface area contributed by atoms with Crippen LogP contribution in [-0.4, -0.2) is 39.0 Å². The smallest absolute Gasteiger partial charge is 0.217 e. The van der Waals surface area contributed by atoms with Gasteiger partial charge in [0, 0.05) is 31.6 Å². The molecule has 168 valence electrons. The second-order valence-corrected chi connectivity index (χ2v) is 9.34. The Bertz CT molecular complexity index is 1100. The second kappa shape index (κ2) is 8.66. The Morgan fingerprint density at radius 3 is 2.50 bits per heavy atom. The lowest BCUT2D eigenvalue weighted by Crippen LogP contribution is -2.44. The molecule has 0 spiro atoms. The van der Waals surface area contributed by atoms with E-state index in [1.165, 1.54) is 18.9 Å². The van der Waals surface area contributed by atoms with E-state index in [0.29, 0.717) is 23.6 Å². The molecule has 1 aromatic heterocycles. The van der Waals surface area contributed by atoms with Gasteiger partial charge in [-0.1, -0.05) is 36.4 Å². The summed E-state index contributed by atoms with van der Waals surface area (Å²) in [7, 11) is 0. The van der Waals surface area contributed by atoms with Crippen LogP contribution in [0.15, 0.2) is 48.5 Å². The summed E-state index contributed by atoms with van der Waals surface area (Å²) >= 11 is 0. The van der Waals surface area contributed by atoms with Gasteiger partial charge in [0.05, 0.1) is 11.6 Å². The highest BCUT2D eigenvalue weighted by molar-refractivity contribution is 5.77. The molecule has 0 unspecified atom stereocenters. The van der Waals surface area contributed by atoms with Crippen molar-refractivity contribution in [3.63, 3.8) is 0 Å². The summed E-state index contributed by atoms with van der Waals surface area (Å²) in [5.41, 5.74) is 2.56. The molecule has 2 aromatic carbocycles. The lowest BCUT2D eigenvalue weighted by molar-refractivity contribution is -0.119. The minimum atomic E-state index is -0.241. The Morgan fingerprint density at radius 2 is 1.81 bits per heavy atom. The van der Waals surface area contributed by atoms with Crippen LogP contribution in [0.3, 0.4) is 0 Å². The van der Waals surface area contributed by atoms with Crippen molar-refractivity contribution < 1.29 is 9.18 Å². The maximum Gasteiger partial charge on any atom is 0.217 e. The maximum atomic E-state index is 14.3. The van der Waals surface area contributed by atoms with E-state index in [1.807, 2.05) is 31.2 Å². The van der Waals surface area contributed by atoms with E-state index in [1.54, 1.807) is 13.0 Å². The van der Waals surface area contributed by atoms with Gasteiger partial charge in [-0.25, -0.2) is 9.37 Å². The number of aromatic nitrogens is 2. The number of halogens is 1. The zero-order valence-electron chi connectivity index (χ0n) is 18.8. The minimum Gasteiger partial charge on any atom is -0.349 e. The number of amides is 1. The van der Waals surface area contributed by atoms with Crippen LogP contribution in [0.2, 0.25) is 0 Å². The Hall–Kier alpha value is -2.73. The van der Waals surface area contributed by atoms with Gasteiger partial charge in [0.2, 0.25) is 5.91 Å². The molecule has 2 fully saturated rings. The number of aryl methyl sites for hydroxylation is 1. The number of carbonyl (C=O) groups is 1. The molecule has 1 N–H and O–H groups in total. The molecular weight excluding hydrogens is 403 g/mol. The second-order valence-electron chi connectivity index (χ2n) is 9.34. The van der Waals surface area contributed by atoms with Crippen LogP contribution < -0.4 is 5.32 Å². The summed E-state index contributed by atoms with van der Waals surface area (Å²) < 4.78 is 16.5. The Morgan fingerprint density at radius 1 is 1.09 bits per heavy atom. The number of hydrogen-bond donors (Lipinski definition) is 1. The van der Waals surface area contributed by atoms with Gasteiger partial charge in [0.25, 0.3) is 0 Å². The van der Waals surface area contributed by atoms with Crippen LogP contribution in [-0.2, 0) is 4.79 Å². The predicted octanol–water partition coefficient (Wildman–Crippen LogP) is 4.92. The van der Waals surface area contributed by atoms with E-state index >= 15 is 0 Å². The van der Waals surface area contributed by atoms with Crippen LogP contribution in [0.4, 0.5) is 4.39 Å². The Labute approximate surface area is 188 Å². The van der Waals surface area contributed by atoms with Crippen molar-refractivity contribution >= 4 is 16.9 Å². The van der Waals surface area contributed by atoms with Crippen LogP contribution in [0, 0.1) is 12.7 Å². The molecule has 5 rings (SSSR count). The van der Waals surface area contributed by atoms with Gasteiger partial charge in [-0.05, 0) is 56.7 Å². The van der Waals surface area contributed by atoms with Crippen molar-refractivity contribution in [3.8, 4) is 0 Å². The topological polar surface area (TPSA) is 50.2 Å². The van der Waals surface area contributed by atoms with Crippen molar-refractivity contribution in [2.24, 2.45) is 0 Å². The lowest BCUT2D eigenvalue weighted by Gasteiger charge is -2.40. The summed E-state index contributed by atoms with van der Waals surface area (Å²) in [5.74, 6) is 0.669. The number of nitrogens with zero attached hydrogens (tertiary/aromatic N) is 3. The van der Waals surface area contributed by atoms with E-state index in [4.69, 9.17) is 0 Å². The number of piperidine rings is 1. The first-order valence-corrected chi connectivity index (χ1v) is 11.7. The highest BCUT2D eigenvalue weighted by Gasteiger charge is 2.41. The molecule has 2 aliphatic heterocycles. The average molecular weight is 435 g/mol. The number of rotatable bonds is 6. The zero-order valence-corrected chi connectivity index (χ0v) is 18.8. The zero-order chi connectivity index (χ0) is 22.2. The first-order chi connectivity index (χ1) is 15.5. The summed E-state index contributed by atoms with van der Waals surface area (Å²) in [4.78, 5) is 19.0. The predicted molar refractivity (Wildman–Crippen MR) is 124 cm³/mol. The number of carbonyl (C=O) groups excluding carboxylic acids is 1. The number of benzene rings is 2. The van der Waals surface area contributed by atoms with E-state index < -0.39 is 0 Å². The molecule has 2 aliphatic rings. The Balaban J connectivity index is 1.31. The van der Waals surface area contributed by atoms with Gasteiger partial charge in [-0.2, -0.15) is 0 Å². The van der Waals surface area contributed by atoms with Gasteiger partial charge in [-0.3, -0.25) is 9.69 Å². The van der Waals surface area contributed by atoms with Gasteiger partial charge in [0.1, 0.15) is 11.3 Å².